The van der Waals surface area contributed by atoms with Gasteiger partial charge in [-0.3, -0.25) is 0 Å². The fourth-order valence-corrected chi connectivity index (χ4v) is 10.9. The molecule has 20 nitrogen and oxygen atoms in total. The summed E-state index contributed by atoms with van der Waals surface area (Å²) in [5.41, 5.74) is 29.0. The van der Waals surface area contributed by atoms with Crippen LogP contribution in [0.4, 0.5) is 4.79 Å². The topological polar surface area (TPSA) is 245 Å². The number of carbonyl (C=O) groups excluding carboxylic acids is 2. The summed E-state index contributed by atoms with van der Waals surface area (Å²) >= 11 is 0. The standard InChI is InChI=1S/C66H67N7O13/c1-76-63(74)54(69-66(75)84-40-53-51-33-19-17-31-49(51)50-32-18-20-34-52(50)53)41-82-64-57(70-72-67)62(81-39-48-29-15-6-16-30-48)60(79-37-46-25-11-4-12-26-46)56(86-64)43-83-65-58(71-73-68)61(80-38-47-27-13-5-14-28-47)59(78-36-45-23-9-3-10-24-45)55(85-65)42-77-35-44-21-7-2-8-22-44/h2-34,53-62,64-65H,35-43H2,1H3,(H,69,75)/t54-,55+,56+,57+,58+,59+,60-,61+,62+,64-,65+/m0/s1. The number of carbonyl (C=O) groups is 2. The van der Waals surface area contributed by atoms with Crippen molar-refractivity contribution >= 4 is 12.1 Å². The Bertz CT molecular complexity index is 3300. The molecule has 1 aliphatic carbocycles. The first-order valence-corrected chi connectivity index (χ1v) is 28.4. The van der Waals surface area contributed by atoms with Gasteiger partial charge in [-0.05, 0) is 61.1 Å². The van der Waals surface area contributed by atoms with E-state index in [9.17, 15) is 20.7 Å². The van der Waals surface area contributed by atoms with Crippen LogP contribution < -0.4 is 5.32 Å². The highest BCUT2D eigenvalue weighted by molar-refractivity contribution is 5.82. The molecule has 0 bridgehead atoms. The van der Waals surface area contributed by atoms with Gasteiger partial charge in [0.15, 0.2) is 18.6 Å². The number of hydrogen-bond donors (Lipinski definition) is 1. The zero-order valence-corrected chi connectivity index (χ0v) is 47.3. The van der Waals surface area contributed by atoms with Crippen LogP contribution in [0.3, 0.4) is 0 Å². The Morgan fingerprint density at radius 3 is 1.29 bits per heavy atom. The van der Waals surface area contributed by atoms with E-state index >= 15 is 0 Å². The Labute approximate surface area is 498 Å². The maximum atomic E-state index is 13.7. The minimum absolute atomic E-state index is 0.00965. The number of nitrogens with one attached hydrogen (secondary N) is 1. The normalized spacial score (nSPS) is 22.7. The lowest BCUT2D eigenvalue weighted by Crippen LogP contribution is -2.63. The average Bonchev–Trinajstić information content (AvgIpc) is 2.67. The Hall–Kier alpha value is -8.46. The van der Waals surface area contributed by atoms with Crippen LogP contribution in [0.2, 0.25) is 0 Å². The van der Waals surface area contributed by atoms with E-state index in [1.807, 2.05) is 200 Å². The largest absolute Gasteiger partial charge is 0.467 e. The Morgan fingerprint density at radius 2 is 0.860 bits per heavy atom. The summed E-state index contributed by atoms with van der Waals surface area (Å²) in [6.45, 7) is -0.297. The van der Waals surface area contributed by atoms with Gasteiger partial charge in [0.2, 0.25) is 0 Å². The van der Waals surface area contributed by atoms with E-state index in [4.69, 9.17) is 52.1 Å². The third kappa shape index (κ3) is 15.9. The molecule has 2 heterocycles. The summed E-state index contributed by atoms with van der Waals surface area (Å²) < 4.78 is 71.3. The molecular formula is C66H67N7O13. The second-order valence-corrected chi connectivity index (χ2v) is 20.7. The van der Waals surface area contributed by atoms with Crippen molar-refractivity contribution < 1.29 is 61.7 Å². The number of ether oxygens (including phenoxy) is 11. The third-order valence-electron chi connectivity index (χ3n) is 15.1. The SMILES string of the molecule is COC(=O)[C@H](CO[C@H]1O[C@H](CO[C@@H]2O[C@H](COCc3ccccc3)[C@@H](OCc3ccccc3)[C@H](OCc3ccccc3)[C@H]2N=[N+]=[N-])[C@H](OCc2ccccc2)[C@H](OCc2ccccc2)[C@H]1N=[N+]=[N-])NC(=O)OCC1c2ccccc2-c2ccccc21. The van der Waals surface area contributed by atoms with Crippen LogP contribution in [0, 0.1) is 0 Å². The summed E-state index contributed by atoms with van der Waals surface area (Å²) in [4.78, 5) is 33.8. The molecule has 7 aromatic rings. The number of amides is 1. The van der Waals surface area contributed by atoms with Gasteiger partial charge in [0.1, 0.15) is 55.3 Å². The van der Waals surface area contributed by atoms with Crippen LogP contribution in [0.1, 0.15) is 44.9 Å². The maximum absolute atomic E-state index is 13.7. The highest BCUT2D eigenvalue weighted by Gasteiger charge is 2.52. The zero-order valence-electron chi connectivity index (χ0n) is 47.3. The van der Waals surface area contributed by atoms with E-state index in [0.717, 1.165) is 50.1 Å². The minimum Gasteiger partial charge on any atom is -0.467 e. The quantitative estimate of drug-likeness (QED) is 0.0208. The molecular weight excluding hydrogens is 1100 g/mol. The van der Waals surface area contributed by atoms with Gasteiger partial charge in [0, 0.05) is 15.7 Å². The van der Waals surface area contributed by atoms with E-state index in [2.05, 4.69) is 25.4 Å². The van der Waals surface area contributed by atoms with E-state index in [0.29, 0.717) is 0 Å². The Morgan fingerprint density at radius 1 is 0.477 bits per heavy atom. The number of nitrogens with zero attached hydrogens (tertiary/aromatic N) is 6. The van der Waals surface area contributed by atoms with Gasteiger partial charge in [-0.2, -0.15) is 0 Å². The van der Waals surface area contributed by atoms with Gasteiger partial charge in [0.05, 0.1) is 60.0 Å². The molecule has 2 fully saturated rings. The average molecular weight is 1170 g/mol. The smallest absolute Gasteiger partial charge is 0.407 e. The predicted octanol–water partition coefficient (Wildman–Crippen LogP) is 11.5. The molecule has 1 N–H and O–H groups in total. The van der Waals surface area contributed by atoms with Crippen LogP contribution in [-0.2, 0) is 89.9 Å². The zero-order chi connectivity index (χ0) is 59.3. The molecule has 11 atom stereocenters. The molecule has 2 aliphatic heterocycles. The van der Waals surface area contributed by atoms with Crippen LogP contribution >= 0.6 is 0 Å². The summed E-state index contributed by atoms with van der Waals surface area (Å²) in [6.07, 6.45) is -9.72. The first kappa shape index (κ1) is 60.7. The van der Waals surface area contributed by atoms with Gasteiger partial charge in [-0.25, -0.2) is 9.59 Å². The highest BCUT2D eigenvalue weighted by Crippen LogP contribution is 2.44. The highest BCUT2D eigenvalue weighted by atomic mass is 16.7. The maximum Gasteiger partial charge on any atom is 0.407 e. The van der Waals surface area contributed by atoms with Crippen molar-refractivity contribution in [3.05, 3.63) is 260 Å². The van der Waals surface area contributed by atoms with Crippen molar-refractivity contribution in [3.63, 3.8) is 0 Å². The molecule has 0 spiro atoms. The first-order chi connectivity index (χ1) is 42.4. The third-order valence-corrected chi connectivity index (χ3v) is 15.1. The fraction of sp³-hybridized carbons (Fsp3) is 0.333. The van der Waals surface area contributed by atoms with Gasteiger partial charge in [-0.1, -0.05) is 210 Å². The monoisotopic (exact) mass is 1170 g/mol. The number of azide groups is 2. The number of alkyl carbamates (subject to hydrolysis) is 1. The molecule has 86 heavy (non-hydrogen) atoms. The van der Waals surface area contributed by atoms with E-state index in [1.54, 1.807) is 0 Å². The van der Waals surface area contributed by atoms with Gasteiger partial charge in [-0.15, -0.1) is 0 Å². The number of methoxy groups -OCH3 is 1. The lowest BCUT2D eigenvalue weighted by molar-refractivity contribution is -0.315. The summed E-state index contributed by atoms with van der Waals surface area (Å²) in [5.74, 6) is -1.11. The van der Waals surface area contributed by atoms with Crippen LogP contribution in [-0.4, -0.2) is 113 Å². The van der Waals surface area contributed by atoms with Crippen LogP contribution in [0.5, 0.6) is 0 Å². The second kappa shape index (κ2) is 31.1. The van der Waals surface area contributed by atoms with Crippen molar-refractivity contribution in [1.29, 1.82) is 0 Å². The fourth-order valence-electron chi connectivity index (χ4n) is 10.9. The Kier molecular flexibility index (Phi) is 21.9. The van der Waals surface area contributed by atoms with Crippen molar-refractivity contribution in [2.45, 2.75) is 106 Å². The molecule has 444 valence electrons. The number of benzene rings is 7. The van der Waals surface area contributed by atoms with Crippen molar-refractivity contribution in [1.82, 2.24) is 5.32 Å². The number of rotatable bonds is 28. The summed E-state index contributed by atoms with van der Waals surface area (Å²) in [7, 11) is 1.18. The van der Waals surface area contributed by atoms with E-state index in [-0.39, 0.29) is 58.8 Å². The molecule has 7 aromatic carbocycles. The number of esters is 1. The lowest BCUT2D eigenvalue weighted by atomic mass is 9.95. The minimum atomic E-state index is -1.48. The van der Waals surface area contributed by atoms with Crippen molar-refractivity contribution in [2.24, 2.45) is 10.2 Å². The van der Waals surface area contributed by atoms with Gasteiger partial charge in [0.25, 0.3) is 0 Å². The van der Waals surface area contributed by atoms with Crippen molar-refractivity contribution in [3.8, 4) is 11.1 Å². The number of hydrogen-bond acceptors (Lipinski definition) is 15. The molecule has 0 radical (unpaired) electrons. The Balaban J connectivity index is 0.942. The lowest BCUT2D eigenvalue weighted by Gasteiger charge is -2.47. The molecule has 0 saturated carbocycles. The molecule has 2 saturated heterocycles. The van der Waals surface area contributed by atoms with Gasteiger partial charge >= 0.3 is 12.1 Å². The van der Waals surface area contributed by atoms with Gasteiger partial charge < -0.3 is 57.4 Å². The number of fused-ring (bicyclic) bond motifs is 3. The molecule has 1 amide bonds. The molecule has 0 unspecified atom stereocenters. The van der Waals surface area contributed by atoms with E-state index in [1.165, 1.54) is 7.11 Å². The predicted molar refractivity (Wildman–Crippen MR) is 315 cm³/mol. The molecule has 3 aliphatic rings. The van der Waals surface area contributed by atoms with Crippen LogP contribution in [0.25, 0.3) is 32.0 Å². The van der Waals surface area contributed by atoms with Crippen molar-refractivity contribution in [2.75, 3.05) is 33.5 Å². The first-order valence-electron chi connectivity index (χ1n) is 28.4. The van der Waals surface area contributed by atoms with Crippen LogP contribution in [0.15, 0.2) is 210 Å². The molecule has 10 rings (SSSR count). The summed E-state index contributed by atoms with van der Waals surface area (Å²) in [5, 5.41) is 11.1. The summed E-state index contributed by atoms with van der Waals surface area (Å²) in [6, 6.07) is 59.7. The van der Waals surface area contributed by atoms with E-state index < -0.39 is 86.0 Å². The second-order valence-electron chi connectivity index (χ2n) is 20.7. The molecule has 0 aromatic heterocycles. The molecule has 20 heteroatoms.